The maximum absolute atomic E-state index is 12.2. The van der Waals surface area contributed by atoms with Gasteiger partial charge in [-0.05, 0) is 24.5 Å². The number of nitrogens with one attached hydrogen (secondary N) is 1. The topological polar surface area (TPSA) is 96.3 Å². The summed E-state index contributed by atoms with van der Waals surface area (Å²) >= 11 is 0.856. The number of rotatable bonds is 6. The van der Waals surface area contributed by atoms with E-state index in [9.17, 15) is 13.2 Å². The second-order valence-corrected chi connectivity index (χ2v) is 7.58. The van der Waals surface area contributed by atoms with E-state index in [1.807, 2.05) is 19.9 Å². The maximum atomic E-state index is 12.2. The first kappa shape index (κ1) is 16.6. The van der Waals surface area contributed by atoms with E-state index in [1.54, 1.807) is 0 Å². The lowest BCUT2D eigenvalue weighted by molar-refractivity contribution is -0.143. The predicted molar refractivity (Wildman–Crippen MR) is 74.6 cm³/mol. The Kier molecular flexibility index (Phi) is 5.68. The summed E-state index contributed by atoms with van der Waals surface area (Å²) in [5.74, 6) is -0.501. The second-order valence-electron chi connectivity index (χ2n) is 4.56. The second kappa shape index (κ2) is 6.83. The van der Waals surface area contributed by atoms with Crippen molar-refractivity contribution in [2.45, 2.75) is 30.5 Å². The minimum atomic E-state index is -3.83. The van der Waals surface area contributed by atoms with Crippen LogP contribution in [0.3, 0.4) is 0 Å². The van der Waals surface area contributed by atoms with Gasteiger partial charge in [-0.2, -0.15) is 9.98 Å². The number of nitrogens with zero attached hydrogens (tertiary/aromatic N) is 1. The first-order valence-electron chi connectivity index (χ1n) is 5.90. The summed E-state index contributed by atoms with van der Waals surface area (Å²) in [5, 5.41) is 8.71. The van der Waals surface area contributed by atoms with Gasteiger partial charge >= 0.3 is 5.97 Å². The molecule has 1 N–H and O–H groups in total. The van der Waals surface area contributed by atoms with Crippen LogP contribution in [0.4, 0.5) is 0 Å². The van der Waals surface area contributed by atoms with Crippen molar-refractivity contribution in [2.75, 3.05) is 7.11 Å². The molecule has 1 heterocycles. The molecule has 110 valence electrons. The third-order valence-corrected chi connectivity index (χ3v) is 5.40. The van der Waals surface area contributed by atoms with Crippen molar-refractivity contribution in [3.05, 3.63) is 17.0 Å². The molecule has 0 aromatic carbocycles. The van der Waals surface area contributed by atoms with E-state index in [0.29, 0.717) is 11.3 Å². The predicted octanol–water partition coefficient (Wildman–Crippen LogP) is 1.49. The Labute approximate surface area is 122 Å². The number of ether oxygens (including phenoxy) is 1. The lowest BCUT2D eigenvalue weighted by Gasteiger charge is -2.17. The van der Waals surface area contributed by atoms with Crippen LogP contribution in [0.2, 0.25) is 0 Å². The Morgan fingerprint density at radius 1 is 1.50 bits per heavy atom. The average Bonchev–Trinajstić information content (AvgIpc) is 2.85. The summed E-state index contributed by atoms with van der Waals surface area (Å²) in [7, 11) is -2.62. The minimum absolute atomic E-state index is 0.00621. The van der Waals surface area contributed by atoms with Gasteiger partial charge in [0.15, 0.2) is 0 Å². The summed E-state index contributed by atoms with van der Waals surface area (Å²) in [6.45, 7) is 3.76. The Morgan fingerprint density at radius 3 is 2.60 bits per heavy atom. The molecule has 6 nitrogen and oxygen atoms in total. The quantitative estimate of drug-likeness (QED) is 0.802. The fourth-order valence-corrected chi connectivity index (χ4v) is 3.89. The fraction of sp³-hybridized carbons (Fsp3) is 0.500. The third kappa shape index (κ3) is 4.30. The summed E-state index contributed by atoms with van der Waals surface area (Å²) in [6, 6.07) is 3.71. The van der Waals surface area contributed by atoms with Gasteiger partial charge in [0.25, 0.3) is 10.0 Å². The molecule has 0 fully saturated rings. The molecule has 1 unspecified atom stereocenters. The number of carbonyl (C=O) groups excluding carboxylic acids is 1. The molecule has 0 radical (unpaired) electrons. The molecule has 8 heteroatoms. The fourth-order valence-electron chi connectivity index (χ4n) is 1.58. The van der Waals surface area contributed by atoms with Crippen LogP contribution < -0.4 is 4.72 Å². The van der Waals surface area contributed by atoms with Crippen LogP contribution in [0.15, 0.2) is 16.3 Å². The molecule has 0 aliphatic heterocycles. The summed E-state index contributed by atoms with van der Waals surface area (Å²) in [4.78, 5) is 11.9. The monoisotopic (exact) mass is 316 g/mol. The van der Waals surface area contributed by atoms with Crippen LogP contribution in [0.5, 0.6) is 0 Å². The lowest BCUT2D eigenvalue weighted by Crippen LogP contribution is -2.42. The smallest absolute Gasteiger partial charge is 0.323 e. The van der Waals surface area contributed by atoms with Crippen molar-refractivity contribution in [1.82, 2.24) is 4.72 Å². The highest BCUT2D eigenvalue weighted by Gasteiger charge is 2.28. The number of thiophene rings is 1. The van der Waals surface area contributed by atoms with Crippen molar-refractivity contribution in [3.8, 4) is 6.07 Å². The van der Waals surface area contributed by atoms with Crippen molar-refractivity contribution in [2.24, 2.45) is 5.92 Å². The molecule has 0 saturated heterocycles. The highest BCUT2D eigenvalue weighted by Crippen LogP contribution is 2.21. The van der Waals surface area contributed by atoms with E-state index >= 15 is 0 Å². The molecular weight excluding hydrogens is 300 g/mol. The number of hydrogen-bond donors (Lipinski definition) is 1. The Balaban J connectivity index is 2.96. The Morgan fingerprint density at radius 2 is 2.15 bits per heavy atom. The Bertz CT molecular complexity index is 614. The van der Waals surface area contributed by atoms with Crippen LogP contribution in [0, 0.1) is 17.2 Å². The number of hydrogen-bond acceptors (Lipinski definition) is 6. The van der Waals surface area contributed by atoms with Crippen molar-refractivity contribution in [1.29, 1.82) is 5.26 Å². The molecule has 0 amide bonds. The minimum Gasteiger partial charge on any atom is -0.468 e. The van der Waals surface area contributed by atoms with Gasteiger partial charge < -0.3 is 4.74 Å². The SMILES string of the molecule is COC(=O)C(CC(C)C)NS(=O)(=O)c1ccc(C#N)s1. The van der Waals surface area contributed by atoms with E-state index in [2.05, 4.69) is 9.46 Å². The molecule has 1 aromatic rings. The highest BCUT2D eigenvalue weighted by atomic mass is 32.2. The first-order chi connectivity index (χ1) is 9.30. The number of methoxy groups -OCH3 is 1. The zero-order valence-electron chi connectivity index (χ0n) is 11.4. The van der Waals surface area contributed by atoms with Gasteiger partial charge in [0.05, 0.1) is 7.11 Å². The Hall–Kier alpha value is -1.43. The van der Waals surface area contributed by atoms with Gasteiger partial charge in [-0.1, -0.05) is 13.8 Å². The zero-order valence-corrected chi connectivity index (χ0v) is 13.0. The van der Waals surface area contributed by atoms with E-state index < -0.39 is 22.0 Å². The van der Waals surface area contributed by atoms with E-state index in [1.165, 1.54) is 19.2 Å². The molecule has 0 spiro atoms. The van der Waals surface area contributed by atoms with E-state index in [4.69, 9.17) is 5.26 Å². The summed E-state index contributed by atoms with van der Waals surface area (Å²) < 4.78 is 31.3. The molecule has 1 rings (SSSR count). The largest absolute Gasteiger partial charge is 0.468 e. The number of nitriles is 1. The molecule has 1 atom stereocenters. The number of sulfonamides is 1. The molecular formula is C12H16N2O4S2. The van der Waals surface area contributed by atoms with E-state index in [0.717, 1.165) is 11.3 Å². The molecule has 0 bridgehead atoms. The van der Waals surface area contributed by atoms with Gasteiger partial charge in [-0.3, -0.25) is 4.79 Å². The van der Waals surface area contributed by atoms with Gasteiger partial charge in [0, 0.05) is 0 Å². The maximum Gasteiger partial charge on any atom is 0.323 e. The molecule has 0 saturated carbocycles. The van der Waals surface area contributed by atoms with E-state index in [-0.39, 0.29) is 10.1 Å². The van der Waals surface area contributed by atoms with Crippen molar-refractivity contribution >= 4 is 27.3 Å². The zero-order chi connectivity index (χ0) is 15.3. The summed E-state index contributed by atoms with van der Waals surface area (Å²) in [6.07, 6.45) is 0.336. The number of carbonyl (C=O) groups is 1. The van der Waals surface area contributed by atoms with Gasteiger partial charge in [-0.15, -0.1) is 11.3 Å². The van der Waals surface area contributed by atoms with Crippen LogP contribution >= 0.6 is 11.3 Å². The van der Waals surface area contributed by atoms with Crippen LogP contribution in [0.25, 0.3) is 0 Å². The standard InChI is InChI=1S/C12H16N2O4S2/c1-8(2)6-10(12(15)18-3)14-20(16,17)11-5-4-9(7-13)19-11/h4-5,8,10,14H,6H2,1-3H3. The molecule has 1 aromatic heterocycles. The molecule has 0 aliphatic carbocycles. The molecule has 20 heavy (non-hydrogen) atoms. The molecule has 0 aliphatic rings. The third-order valence-electron chi connectivity index (χ3n) is 2.45. The van der Waals surface area contributed by atoms with Crippen molar-refractivity contribution < 1.29 is 17.9 Å². The van der Waals surface area contributed by atoms with Gasteiger partial charge in [0.1, 0.15) is 21.2 Å². The van der Waals surface area contributed by atoms with Crippen molar-refractivity contribution in [3.63, 3.8) is 0 Å². The normalized spacial score (nSPS) is 12.9. The van der Waals surface area contributed by atoms with Gasteiger partial charge in [-0.25, -0.2) is 8.42 Å². The first-order valence-corrected chi connectivity index (χ1v) is 8.20. The van der Waals surface area contributed by atoms with Crippen LogP contribution in [0.1, 0.15) is 25.1 Å². The lowest BCUT2D eigenvalue weighted by atomic mass is 10.1. The summed E-state index contributed by atoms with van der Waals surface area (Å²) in [5.41, 5.74) is 0. The average molecular weight is 316 g/mol. The van der Waals surface area contributed by atoms with Crippen LogP contribution in [-0.2, 0) is 19.6 Å². The van der Waals surface area contributed by atoms with Gasteiger partial charge in [0.2, 0.25) is 0 Å². The highest BCUT2D eigenvalue weighted by molar-refractivity contribution is 7.91. The number of esters is 1. The van der Waals surface area contributed by atoms with Crippen LogP contribution in [-0.4, -0.2) is 27.5 Å².